The number of ether oxygens (including phenoxy) is 1. The van der Waals surface area contributed by atoms with E-state index in [1.807, 2.05) is 6.92 Å². The molecule has 1 aromatic heterocycles. The van der Waals surface area contributed by atoms with Crippen molar-refractivity contribution in [1.29, 1.82) is 0 Å². The van der Waals surface area contributed by atoms with E-state index in [0.717, 1.165) is 5.69 Å². The average molecular weight is 294 g/mol. The number of hydrogen-bond acceptors (Lipinski definition) is 2. The number of benzene rings is 1. The van der Waals surface area contributed by atoms with Crippen molar-refractivity contribution >= 4 is 0 Å². The Morgan fingerprint density at radius 3 is 2.38 bits per heavy atom. The molecule has 0 saturated carbocycles. The van der Waals surface area contributed by atoms with E-state index in [0.29, 0.717) is 22.8 Å². The van der Waals surface area contributed by atoms with E-state index in [4.69, 9.17) is 6.42 Å². The van der Waals surface area contributed by atoms with Gasteiger partial charge in [-0.05, 0) is 50.5 Å². The Bertz CT molecular complexity index is 724. The molecule has 3 nitrogen and oxygen atoms in total. The lowest BCUT2D eigenvalue weighted by molar-refractivity contribution is -0.274. The van der Waals surface area contributed by atoms with Gasteiger partial charge in [0.05, 0.1) is 5.69 Å². The Balaban J connectivity index is 2.46. The molecule has 2 rings (SSSR count). The van der Waals surface area contributed by atoms with Gasteiger partial charge in [0.25, 0.3) is 0 Å². The van der Waals surface area contributed by atoms with Gasteiger partial charge in [-0.1, -0.05) is 0 Å². The molecule has 0 aliphatic rings. The lowest BCUT2D eigenvalue weighted by atomic mass is 10.2. The van der Waals surface area contributed by atoms with E-state index in [1.165, 1.54) is 12.1 Å². The highest BCUT2D eigenvalue weighted by atomic mass is 19.4. The maximum atomic E-state index is 12.3. The highest BCUT2D eigenvalue weighted by molar-refractivity contribution is 5.47. The summed E-state index contributed by atoms with van der Waals surface area (Å²) in [6, 6.07) is 4.42. The van der Waals surface area contributed by atoms with E-state index < -0.39 is 6.36 Å². The van der Waals surface area contributed by atoms with Gasteiger partial charge < -0.3 is 4.74 Å². The zero-order chi connectivity index (χ0) is 15.8. The zero-order valence-corrected chi connectivity index (χ0v) is 11.7. The van der Waals surface area contributed by atoms with Crippen LogP contribution >= 0.6 is 0 Å². The minimum Gasteiger partial charge on any atom is -0.406 e. The normalized spacial score (nSPS) is 11.3. The summed E-state index contributed by atoms with van der Waals surface area (Å²) in [5.74, 6) is 2.93. The van der Waals surface area contributed by atoms with Crippen molar-refractivity contribution in [3.05, 3.63) is 41.0 Å². The molecule has 110 valence electrons. The van der Waals surface area contributed by atoms with Gasteiger partial charge in [-0.25, -0.2) is 4.98 Å². The first-order valence-corrected chi connectivity index (χ1v) is 6.12. The number of alkyl halides is 3. The van der Waals surface area contributed by atoms with Crippen molar-refractivity contribution in [2.24, 2.45) is 0 Å². The third-order valence-corrected chi connectivity index (χ3v) is 3.05. The number of halogens is 3. The molecule has 1 aromatic carbocycles. The summed E-state index contributed by atoms with van der Waals surface area (Å²) in [7, 11) is 0. The number of hydrogen-bond donors (Lipinski definition) is 0. The molecular formula is C15H13F3N2O. The van der Waals surface area contributed by atoms with Gasteiger partial charge in [0.2, 0.25) is 0 Å². The Hall–Kier alpha value is -2.42. The third-order valence-electron chi connectivity index (χ3n) is 3.05. The van der Waals surface area contributed by atoms with Crippen molar-refractivity contribution in [3.8, 4) is 23.8 Å². The smallest absolute Gasteiger partial charge is 0.406 e. The Labute approximate surface area is 120 Å². The first-order chi connectivity index (χ1) is 9.73. The van der Waals surface area contributed by atoms with Crippen LogP contribution in [0.4, 0.5) is 13.2 Å². The topological polar surface area (TPSA) is 27.1 Å². The highest BCUT2D eigenvalue weighted by Gasteiger charge is 2.31. The largest absolute Gasteiger partial charge is 0.573 e. The number of aryl methyl sites for hydroxylation is 2. The predicted octanol–water partition coefficient (Wildman–Crippen LogP) is 3.68. The van der Waals surface area contributed by atoms with E-state index in [2.05, 4.69) is 15.6 Å². The highest BCUT2D eigenvalue weighted by Crippen LogP contribution is 2.28. The maximum Gasteiger partial charge on any atom is 0.573 e. The fourth-order valence-corrected chi connectivity index (χ4v) is 2.17. The summed E-state index contributed by atoms with van der Waals surface area (Å²) >= 11 is 0. The van der Waals surface area contributed by atoms with Gasteiger partial charge >= 0.3 is 6.36 Å². The first-order valence-electron chi connectivity index (χ1n) is 6.12. The van der Waals surface area contributed by atoms with Crippen LogP contribution in [0.3, 0.4) is 0 Å². The van der Waals surface area contributed by atoms with Crippen molar-refractivity contribution in [3.63, 3.8) is 0 Å². The number of nitrogens with zero attached hydrogens (tertiary/aromatic N) is 2. The summed E-state index contributed by atoms with van der Waals surface area (Å²) in [6.45, 7) is 5.14. The lowest BCUT2D eigenvalue weighted by Crippen LogP contribution is -2.17. The van der Waals surface area contributed by atoms with Crippen LogP contribution in [0.25, 0.3) is 5.69 Å². The van der Waals surface area contributed by atoms with Crippen LogP contribution in [0, 0.1) is 33.1 Å². The summed E-state index contributed by atoms with van der Waals surface area (Å²) in [6.07, 6.45) is 0.659. The summed E-state index contributed by atoms with van der Waals surface area (Å²) < 4.78 is 42.5. The van der Waals surface area contributed by atoms with Crippen molar-refractivity contribution in [2.45, 2.75) is 27.1 Å². The SMILES string of the molecule is C#Cc1nc(C)n(-c2ccc(OC(F)(F)F)c(C)c2)c1C. The second-order valence-corrected chi connectivity index (χ2v) is 4.57. The summed E-state index contributed by atoms with van der Waals surface area (Å²) in [4.78, 5) is 4.23. The fraction of sp³-hybridized carbons (Fsp3) is 0.267. The third kappa shape index (κ3) is 3.02. The molecule has 0 aliphatic carbocycles. The molecule has 0 amide bonds. The predicted molar refractivity (Wildman–Crippen MR) is 72.4 cm³/mol. The Morgan fingerprint density at radius 2 is 1.90 bits per heavy atom. The Kier molecular flexibility index (Phi) is 3.69. The molecule has 0 radical (unpaired) electrons. The van der Waals surface area contributed by atoms with Crippen molar-refractivity contribution in [2.75, 3.05) is 0 Å². The summed E-state index contributed by atoms with van der Waals surface area (Å²) in [5.41, 5.74) is 2.34. The molecule has 2 aromatic rings. The van der Waals surface area contributed by atoms with Crippen LogP contribution in [0.15, 0.2) is 18.2 Å². The fourth-order valence-electron chi connectivity index (χ4n) is 2.17. The molecule has 6 heteroatoms. The van der Waals surface area contributed by atoms with Crippen LogP contribution in [0.5, 0.6) is 5.75 Å². The molecule has 0 saturated heterocycles. The van der Waals surface area contributed by atoms with E-state index >= 15 is 0 Å². The standard InChI is InChI=1S/C15H13F3N2O/c1-5-13-10(3)20(11(4)19-13)12-6-7-14(9(2)8-12)21-15(16,17)18/h1,6-8H,2-4H3. The van der Waals surface area contributed by atoms with Gasteiger partial charge in [0.15, 0.2) is 0 Å². The second kappa shape index (κ2) is 5.17. The molecule has 1 heterocycles. The monoisotopic (exact) mass is 294 g/mol. The number of rotatable bonds is 2. The molecule has 0 aliphatic heterocycles. The quantitative estimate of drug-likeness (QED) is 0.790. The van der Waals surface area contributed by atoms with Crippen LogP contribution in [-0.2, 0) is 0 Å². The lowest BCUT2D eigenvalue weighted by Gasteiger charge is -2.14. The molecule has 0 unspecified atom stereocenters. The first kappa shape index (κ1) is 15.0. The number of terminal acetylenes is 1. The molecule has 0 bridgehead atoms. The van der Waals surface area contributed by atoms with E-state index in [1.54, 1.807) is 24.5 Å². The second-order valence-electron chi connectivity index (χ2n) is 4.57. The maximum absolute atomic E-state index is 12.3. The average Bonchev–Trinajstić information content (AvgIpc) is 2.65. The zero-order valence-electron chi connectivity index (χ0n) is 11.7. The van der Waals surface area contributed by atoms with Gasteiger partial charge in [0, 0.05) is 5.69 Å². The van der Waals surface area contributed by atoms with Crippen LogP contribution in [-0.4, -0.2) is 15.9 Å². The molecule has 0 atom stereocenters. The van der Waals surface area contributed by atoms with Crippen LogP contribution < -0.4 is 4.74 Å². The number of imidazole rings is 1. The minimum atomic E-state index is -4.70. The van der Waals surface area contributed by atoms with Crippen LogP contribution in [0.1, 0.15) is 22.8 Å². The minimum absolute atomic E-state index is 0.223. The van der Waals surface area contributed by atoms with E-state index in [-0.39, 0.29) is 5.75 Å². The molecule has 0 fully saturated rings. The van der Waals surface area contributed by atoms with Gasteiger partial charge in [-0.2, -0.15) is 0 Å². The Morgan fingerprint density at radius 1 is 1.24 bits per heavy atom. The van der Waals surface area contributed by atoms with E-state index in [9.17, 15) is 13.2 Å². The van der Waals surface area contributed by atoms with Crippen molar-refractivity contribution in [1.82, 2.24) is 9.55 Å². The number of aromatic nitrogens is 2. The molecule has 0 spiro atoms. The molecule has 21 heavy (non-hydrogen) atoms. The van der Waals surface area contributed by atoms with Crippen LogP contribution in [0.2, 0.25) is 0 Å². The summed E-state index contributed by atoms with van der Waals surface area (Å²) in [5, 5.41) is 0. The van der Waals surface area contributed by atoms with Gasteiger partial charge in [-0.3, -0.25) is 4.57 Å². The van der Waals surface area contributed by atoms with Gasteiger partial charge in [-0.15, -0.1) is 19.6 Å². The molecule has 0 N–H and O–H groups in total. The van der Waals surface area contributed by atoms with Gasteiger partial charge in [0.1, 0.15) is 17.3 Å². The van der Waals surface area contributed by atoms with Crippen molar-refractivity contribution < 1.29 is 17.9 Å². The molecular weight excluding hydrogens is 281 g/mol.